The molecule has 1 aromatic heterocycles. The zero-order chi connectivity index (χ0) is 17.7. The molecule has 4 rings (SSSR count). The molecule has 2 N–H and O–H groups in total. The Labute approximate surface area is 145 Å². The number of nitrogens with two attached hydrogens (primary N) is 1. The molecule has 2 heterocycles. The molecular weight excluding hydrogens is 319 g/mol. The summed E-state index contributed by atoms with van der Waals surface area (Å²) in [6.07, 6.45) is 2.85. The molecule has 1 saturated carbocycles. The molecule has 6 heteroatoms. The van der Waals surface area contributed by atoms with Gasteiger partial charge in [0.05, 0.1) is 16.8 Å². The Balaban J connectivity index is 1.99. The summed E-state index contributed by atoms with van der Waals surface area (Å²) in [6.45, 7) is 3.94. The van der Waals surface area contributed by atoms with Crippen LogP contribution < -0.4 is 16.2 Å². The minimum Gasteiger partial charge on any atom is -0.369 e. The quantitative estimate of drug-likeness (QED) is 0.931. The van der Waals surface area contributed by atoms with Gasteiger partial charge < -0.3 is 15.2 Å². The van der Waals surface area contributed by atoms with Gasteiger partial charge in [-0.15, -0.1) is 0 Å². The summed E-state index contributed by atoms with van der Waals surface area (Å²) in [5.41, 5.74) is 7.84. The van der Waals surface area contributed by atoms with Crippen LogP contribution in [0.2, 0.25) is 0 Å². The fourth-order valence-electron chi connectivity index (χ4n) is 4.06. The number of aryl methyl sites for hydroxylation is 1. The first-order chi connectivity index (χ1) is 12.0. The predicted octanol–water partition coefficient (Wildman–Crippen LogP) is 2.44. The molecule has 2 aliphatic rings. The van der Waals surface area contributed by atoms with E-state index in [2.05, 4.69) is 0 Å². The van der Waals surface area contributed by atoms with Crippen LogP contribution in [0.4, 0.5) is 10.1 Å². The average molecular weight is 340 g/mol. The second-order valence-corrected chi connectivity index (χ2v) is 7.17. The Morgan fingerprint density at radius 1 is 1.36 bits per heavy atom. The van der Waals surface area contributed by atoms with Crippen LogP contribution >= 0.6 is 0 Å². The molecule has 5 nitrogen and oxygen atoms in total. The summed E-state index contributed by atoms with van der Waals surface area (Å²) in [7, 11) is 0. The number of rotatable bonds is 3. The Morgan fingerprint density at radius 3 is 2.72 bits per heavy atom. The smallest absolute Gasteiger partial charge is 0.252 e. The summed E-state index contributed by atoms with van der Waals surface area (Å²) in [5.74, 6) is 0.0331. The van der Waals surface area contributed by atoms with Crippen molar-refractivity contribution in [2.75, 3.05) is 24.5 Å². The van der Waals surface area contributed by atoms with E-state index in [0.717, 1.165) is 37.9 Å². The van der Waals surface area contributed by atoms with Crippen molar-refractivity contribution in [1.82, 2.24) is 4.57 Å². The third-order valence-corrected chi connectivity index (χ3v) is 5.47. The molecule has 0 spiro atoms. The topological polar surface area (TPSA) is 75.1 Å². The van der Waals surface area contributed by atoms with E-state index in [-0.39, 0.29) is 23.0 Å². The number of pyridine rings is 1. The predicted molar refractivity (Wildman–Crippen MR) is 95.3 cm³/mol. The van der Waals surface area contributed by atoms with Crippen molar-refractivity contribution >= 4 is 16.6 Å². The van der Waals surface area contributed by atoms with Crippen LogP contribution in [0.5, 0.6) is 0 Å². The van der Waals surface area contributed by atoms with Gasteiger partial charge >= 0.3 is 0 Å². The van der Waals surface area contributed by atoms with Crippen molar-refractivity contribution < 1.29 is 4.39 Å². The highest BCUT2D eigenvalue weighted by atomic mass is 19.1. The zero-order valence-electron chi connectivity index (χ0n) is 14.3. The molecule has 130 valence electrons. The molecule has 0 unspecified atom stereocenters. The third kappa shape index (κ3) is 2.50. The van der Waals surface area contributed by atoms with Crippen LogP contribution in [0, 0.1) is 30.0 Å². The SMILES string of the molecule is Cc1c(N2CC[C@@H](CN)C2)c(F)cc2c(C#N)cc(=O)n(C3CC3)c12. The van der Waals surface area contributed by atoms with E-state index in [9.17, 15) is 14.4 Å². The van der Waals surface area contributed by atoms with Gasteiger partial charge in [0.2, 0.25) is 0 Å². The summed E-state index contributed by atoms with van der Waals surface area (Å²) >= 11 is 0. The molecule has 1 aromatic carbocycles. The third-order valence-electron chi connectivity index (χ3n) is 5.47. The summed E-state index contributed by atoms with van der Waals surface area (Å²) < 4.78 is 16.7. The van der Waals surface area contributed by atoms with Crippen LogP contribution in [-0.2, 0) is 0 Å². The lowest BCUT2D eigenvalue weighted by Gasteiger charge is -2.24. The first kappa shape index (κ1) is 16.1. The second kappa shape index (κ2) is 5.85. The Kier molecular flexibility index (Phi) is 3.77. The number of hydrogen-bond donors (Lipinski definition) is 1. The summed E-state index contributed by atoms with van der Waals surface area (Å²) in [6, 6.07) is 4.96. The van der Waals surface area contributed by atoms with E-state index in [0.29, 0.717) is 29.1 Å². The van der Waals surface area contributed by atoms with Crippen LogP contribution in [0.3, 0.4) is 0 Å². The lowest BCUT2D eigenvalue weighted by atomic mass is 10.0. The largest absolute Gasteiger partial charge is 0.369 e. The van der Waals surface area contributed by atoms with E-state index < -0.39 is 0 Å². The van der Waals surface area contributed by atoms with Crippen molar-refractivity contribution in [2.24, 2.45) is 11.7 Å². The van der Waals surface area contributed by atoms with Crippen molar-refractivity contribution in [1.29, 1.82) is 5.26 Å². The highest BCUT2D eigenvalue weighted by Crippen LogP contribution is 2.40. The standard InChI is InChI=1S/C19H21FN4O/c1-11-18-15(13(9-22)6-17(25)24(18)14-2-3-14)7-16(20)19(11)23-5-4-12(8-21)10-23/h6-7,12,14H,2-5,8,10,21H2,1H3/t12-/m0/s1. The van der Waals surface area contributed by atoms with E-state index in [1.165, 1.54) is 12.1 Å². The van der Waals surface area contributed by atoms with Crippen LogP contribution in [-0.4, -0.2) is 24.2 Å². The van der Waals surface area contributed by atoms with Gasteiger partial charge in [-0.1, -0.05) is 0 Å². The van der Waals surface area contributed by atoms with Gasteiger partial charge in [-0.25, -0.2) is 4.39 Å². The number of halogens is 1. The van der Waals surface area contributed by atoms with Gasteiger partial charge in [-0.2, -0.15) is 5.26 Å². The lowest BCUT2D eigenvalue weighted by Crippen LogP contribution is -2.26. The van der Waals surface area contributed by atoms with Crippen molar-refractivity contribution in [3.63, 3.8) is 0 Å². The number of nitrogens with zero attached hydrogens (tertiary/aromatic N) is 3. The maximum atomic E-state index is 15.0. The molecule has 0 amide bonds. The molecule has 2 fully saturated rings. The maximum absolute atomic E-state index is 15.0. The monoisotopic (exact) mass is 340 g/mol. The van der Waals surface area contributed by atoms with E-state index in [1.54, 1.807) is 4.57 Å². The number of anilines is 1. The molecule has 0 radical (unpaired) electrons. The van der Waals surface area contributed by atoms with Gasteiger partial charge in [0, 0.05) is 30.6 Å². The van der Waals surface area contributed by atoms with Crippen molar-refractivity contribution in [3.8, 4) is 6.07 Å². The van der Waals surface area contributed by atoms with E-state index >= 15 is 0 Å². The molecule has 1 aliphatic heterocycles. The van der Waals surface area contributed by atoms with Crippen molar-refractivity contribution in [3.05, 3.63) is 39.4 Å². The van der Waals surface area contributed by atoms with Crippen LogP contribution in [0.15, 0.2) is 16.9 Å². The lowest BCUT2D eigenvalue weighted by molar-refractivity contribution is 0.597. The average Bonchev–Trinajstić information content (AvgIpc) is 3.32. The molecule has 2 aromatic rings. The maximum Gasteiger partial charge on any atom is 0.252 e. The minimum absolute atomic E-state index is 0.162. The number of benzene rings is 1. The Morgan fingerprint density at radius 2 is 2.12 bits per heavy atom. The zero-order valence-corrected chi connectivity index (χ0v) is 14.3. The van der Waals surface area contributed by atoms with Crippen molar-refractivity contribution in [2.45, 2.75) is 32.2 Å². The van der Waals surface area contributed by atoms with Gasteiger partial charge in [-0.3, -0.25) is 4.79 Å². The molecule has 1 saturated heterocycles. The van der Waals surface area contributed by atoms with Crippen LogP contribution in [0.25, 0.3) is 10.9 Å². The van der Waals surface area contributed by atoms with Gasteiger partial charge in [-0.05, 0) is 50.3 Å². The summed E-state index contributed by atoms with van der Waals surface area (Å²) in [5, 5.41) is 9.92. The highest BCUT2D eigenvalue weighted by Gasteiger charge is 2.31. The number of hydrogen-bond acceptors (Lipinski definition) is 4. The summed E-state index contributed by atoms with van der Waals surface area (Å²) in [4.78, 5) is 14.6. The fourth-order valence-corrected chi connectivity index (χ4v) is 4.06. The molecule has 1 atom stereocenters. The molecule has 0 bridgehead atoms. The molecular formula is C19H21FN4O. The highest BCUT2D eigenvalue weighted by molar-refractivity contribution is 5.92. The van der Waals surface area contributed by atoms with E-state index in [1.807, 2.05) is 17.9 Å². The van der Waals surface area contributed by atoms with Crippen LogP contribution in [0.1, 0.15) is 36.4 Å². The van der Waals surface area contributed by atoms with Gasteiger partial charge in [0.1, 0.15) is 11.9 Å². The fraction of sp³-hybridized carbons (Fsp3) is 0.474. The Hall–Kier alpha value is -2.39. The molecule has 1 aliphatic carbocycles. The number of nitriles is 1. The first-order valence-electron chi connectivity index (χ1n) is 8.78. The Bertz CT molecular complexity index is 955. The number of fused-ring (bicyclic) bond motifs is 1. The first-order valence-corrected chi connectivity index (χ1v) is 8.78. The minimum atomic E-state index is -0.333. The normalized spacial score (nSPS) is 20.2. The second-order valence-electron chi connectivity index (χ2n) is 7.17. The van der Waals surface area contributed by atoms with Gasteiger partial charge in [0.25, 0.3) is 5.56 Å². The number of aromatic nitrogens is 1. The van der Waals surface area contributed by atoms with Gasteiger partial charge in [0.15, 0.2) is 0 Å². The van der Waals surface area contributed by atoms with E-state index in [4.69, 9.17) is 5.73 Å². The molecule has 25 heavy (non-hydrogen) atoms.